The van der Waals surface area contributed by atoms with E-state index in [-0.39, 0.29) is 6.04 Å². The van der Waals surface area contributed by atoms with Crippen molar-refractivity contribution >= 4 is 39.4 Å². The molecule has 0 aliphatic carbocycles. The molecule has 1 aliphatic heterocycles. The molecule has 0 saturated carbocycles. The number of hydrogen-bond donors (Lipinski definition) is 0. The van der Waals surface area contributed by atoms with Crippen molar-refractivity contribution < 1.29 is 14.3 Å². The lowest BCUT2D eigenvalue weighted by molar-refractivity contribution is 0.0336. The highest BCUT2D eigenvalue weighted by Gasteiger charge is 2.35. The van der Waals surface area contributed by atoms with Crippen LogP contribution in [0.3, 0.4) is 0 Å². The van der Waals surface area contributed by atoms with Crippen LogP contribution in [0.4, 0.5) is 4.79 Å². The molecule has 0 bridgehead atoms. The molecule has 24 heavy (non-hydrogen) atoms. The molecule has 0 aromatic heterocycles. The van der Waals surface area contributed by atoms with Gasteiger partial charge < -0.3 is 9.47 Å². The largest absolute Gasteiger partial charge is 0.508 e. The van der Waals surface area contributed by atoms with Crippen molar-refractivity contribution in [2.75, 3.05) is 7.11 Å². The second-order valence-electron chi connectivity index (χ2n) is 5.37. The van der Waals surface area contributed by atoms with Crippen molar-refractivity contribution in [3.63, 3.8) is 0 Å². The van der Waals surface area contributed by atoms with Crippen LogP contribution in [0.1, 0.15) is 23.6 Å². The van der Waals surface area contributed by atoms with Crippen molar-refractivity contribution in [2.24, 2.45) is 4.99 Å². The van der Waals surface area contributed by atoms with Crippen LogP contribution < -0.4 is 0 Å². The van der Waals surface area contributed by atoms with Crippen LogP contribution >= 0.6 is 27.5 Å². The first-order chi connectivity index (χ1) is 11.6. The Bertz CT molecular complexity index is 776. The summed E-state index contributed by atoms with van der Waals surface area (Å²) < 4.78 is 11.0. The molecular weight excluding hydrogens is 394 g/mol. The molecule has 4 nitrogen and oxygen atoms in total. The fourth-order valence-corrected chi connectivity index (χ4v) is 3.22. The number of carbonyl (C=O) groups is 1. The average Bonchev–Trinajstić information content (AvgIpc) is 2.99. The Balaban J connectivity index is 1.95. The number of benzene rings is 2. The molecule has 124 valence electrons. The molecule has 0 fully saturated rings. The van der Waals surface area contributed by atoms with Gasteiger partial charge in [0.1, 0.15) is 12.1 Å². The van der Waals surface area contributed by atoms with E-state index in [1.54, 1.807) is 0 Å². The molecule has 0 amide bonds. The molecule has 2 aromatic carbocycles. The van der Waals surface area contributed by atoms with Gasteiger partial charge in [0.05, 0.1) is 7.11 Å². The van der Waals surface area contributed by atoms with Gasteiger partial charge in [0.15, 0.2) is 0 Å². The Labute approximate surface area is 153 Å². The number of nitrogens with zero attached hydrogens (tertiary/aromatic N) is 1. The van der Waals surface area contributed by atoms with Gasteiger partial charge in [-0.05, 0) is 23.8 Å². The second-order valence-corrected chi connectivity index (χ2v) is 6.69. The van der Waals surface area contributed by atoms with E-state index in [1.165, 1.54) is 7.11 Å². The summed E-state index contributed by atoms with van der Waals surface area (Å²) in [7, 11) is 1.29. The monoisotopic (exact) mass is 407 g/mol. The number of methoxy groups -OCH3 is 1. The van der Waals surface area contributed by atoms with E-state index in [0.29, 0.717) is 11.4 Å². The van der Waals surface area contributed by atoms with Gasteiger partial charge >= 0.3 is 6.16 Å². The minimum atomic E-state index is -0.710. The maximum absolute atomic E-state index is 11.6. The van der Waals surface area contributed by atoms with Gasteiger partial charge in [-0.25, -0.2) is 4.79 Å². The van der Waals surface area contributed by atoms with Crippen LogP contribution in [-0.2, 0) is 9.47 Å². The predicted octanol–water partition coefficient (Wildman–Crippen LogP) is 5.19. The van der Waals surface area contributed by atoms with E-state index in [2.05, 4.69) is 20.7 Å². The van der Waals surface area contributed by atoms with Gasteiger partial charge in [-0.15, -0.1) is 0 Å². The van der Waals surface area contributed by atoms with E-state index in [1.807, 2.05) is 48.5 Å². The fourth-order valence-electron chi connectivity index (χ4n) is 2.71. The summed E-state index contributed by atoms with van der Waals surface area (Å²) in [5, 5.41) is 0.629. The Kier molecular flexibility index (Phi) is 5.21. The fraction of sp³-hybridized carbons (Fsp3) is 0.222. The number of ether oxygens (including phenoxy) is 2. The molecule has 0 N–H and O–H groups in total. The Hall–Kier alpha value is -1.85. The summed E-state index contributed by atoms with van der Waals surface area (Å²) in [6.07, 6.45) is -0.651. The highest BCUT2D eigenvalue weighted by molar-refractivity contribution is 9.10. The minimum absolute atomic E-state index is 0.288. The van der Waals surface area contributed by atoms with Crippen LogP contribution in [-0.4, -0.2) is 25.1 Å². The highest BCUT2D eigenvalue weighted by Crippen LogP contribution is 2.35. The third kappa shape index (κ3) is 3.62. The number of carbonyl (C=O) groups excluding carboxylic acids is 1. The summed E-state index contributed by atoms with van der Waals surface area (Å²) in [4.78, 5) is 16.4. The van der Waals surface area contributed by atoms with E-state index < -0.39 is 12.3 Å². The summed E-state index contributed by atoms with van der Waals surface area (Å²) in [5.41, 5.74) is 2.65. The molecule has 2 atom stereocenters. The average molecular weight is 409 g/mol. The molecule has 0 saturated heterocycles. The van der Waals surface area contributed by atoms with Gasteiger partial charge in [-0.2, -0.15) is 0 Å². The van der Waals surface area contributed by atoms with Crippen molar-refractivity contribution in [3.05, 3.63) is 69.2 Å². The number of halogens is 2. The zero-order chi connectivity index (χ0) is 17.1. The smallest absolute Gasteiger partial charge is 0.438 e. The van der Waals surface area contributed by atoms with Crippen LogP contribution in [0.25, 0.3) is 0 Å². The molecule has 0 spiro atoms. The first kappa shape index (κ1) is 17.0. The Morgan fingerprint density at radius 3 is 2.58 bits per heavy atom. The number of aliphatic imine (C=N–C) groups is 1. The third-order valence-corrected chi connectivity index (χ3v) is 4.71. The molecule has 2 aromatic rings. The van der Waals surface area contributed by atoms with Gasteiger partial charge in [0, 0.05) is 27.2 Å². The van der Waals surface area contributed by atoms with E-state index in [4.69, 9.17) is 21.3 Å². The molecule has 6 heteroatoms. The molecular formula is C18H15BrClNO3. The van der Waals surface area contributed by atoms with Crippen LogP contribution in [0.5, 0.6) is 0 Å². The topological polar surface area (TPSA) is 47.9 Å². The number of hydrogen-bond acceptors (Lipinski definition) is 4. The van der Waals surface area contributed by atoms with E-state index in [9.17, 15) is 4.79 Å². The lowest BCUT2D eigenvalue weighted by Gasteiger charge is -2.18. The zero-order valence-electron chi connectivity index (χ0n) is 12.9. The molecule has 1 aliphatic rings. The lowest BCUT2D eigenvalue weighted by Crippen LogP contribution is -2.22. The SMILES string of the molecule is COC(=O)O[C@H]1CC(c2ccccc2Cl)=N[C@@H]1c1ccc(Br)cc1. The predicted molar refractivity (Wildman–Crippen MR) is 96.8 cm³/mol. The summed E-state index contributed by atoms with van der Waals surface area (Å²) in [5.74, 6) is 0. The molecule has 3 rings (SSSR count). The Morgan fingerprint density at radius 2 is 1.92 bits per heavy atom. The van der Waals surface area contributed by atoms with Crippen molar-refractivity contribution in [2.45, 2.75) is 18.6 Å². The lowest BCUT2D eigenvalue weighted by atomic mass is 10.0. The number of rotatable bonds is 3. The first-order valence-electron chi connectivity index (χ1n) is 7.40. The highest BCUT2D eigenvalue weighted by atomic mass is 79.9. The van der Waals surface area contributed by atoms with Crippen molar-refractivity contribution in [1.29, 1.82) is 0 Å². The summed E-state index contributed by atoms with van der Waals surface area (Å²) in [6, 6.07) is 15.0. The van der Waals surface area contributed by atoms with Crippen molar-refractivity contribution in [1.82, 2.24) is 0 Å². The zero-order valence-corrected chi connectivity index (χ0v) is 15.3. The van der Waals surface area contributed by atoms with Gasteiger partial charge in [0.25, 0.3) is 0 Å². The second kappa shape index (κ2) is 7.36. The normalized spacial score (nSPS) is 19.7. The first-order valence-corrected chi connectivity index (χ1v) is 8.57. The standard InChI is InChI=1S/C18H15BrClNO3/c1-23-18(22)24-16-10-15(13-4-2-3-5-14(13)20)21-17(16)11-6-8-12(19)9-7-11/h2-9,16-17H,10H2,1H3/t16-,17+/m0/s1. The van der Waals surface area contributed by atoms with Gasteiger partial charge in [-0.1, -0.05) is 57.9 Å². The third-order valence-electron chi connectivity index (χ3n) is 3.85. The van der Waals surface area contributed by atoms with Crippen LogP contribution in [0.15, 0.2) is 58.0 Å². The van der Waals surface area contributed by atoms with Crippen LogP contribution in [0.2, 0.25) is 5.02 Å². The molecule has 0 radical (unpaired) electrons. The minimum Gasteiger partial charge on any atom is -0.438 e. The summed E-state index contributed by atoms with van der Waals surface area (Å²) >= 11 is 9.70. The quantitative estimate of drug-likeness (QED) is 0.657. The summed E-state index contributed by atoms with van der Waals surface area (Å²) in [6.45, 7) is 0. The maximum Gasteiger partial charge on any atom is 0.508 e. The molecule has 1 heterocycles. The van der Waals surface area contributed by atoms with Gasteiger partial charge in [0.2, 0.25) is 0 Å². The van der Waals surface area contributed by atoms with Gasteiger partial charge in [-0.3, -0.25) is 4.99 Å². The maximum atomic E-state index is 11.6. The van der Waals surface area contributed by atoms with Crippen LogP contribution in [0, 0.1) is 0 Å². The van der Waals surface area contributed by atoms with E-state index >= 15 is 0 Å². The van der Waals surface area contributed by atoms with Crippen molar-refractivity contribution in [3.8, 4) is 0 Å². The Morgan fingerprint density at radius 1 is 1.21 bits per heavy atom. The molecule has 0 unspecified atom stereocenters. The van der Waals surface area contributed by atoms with E-state index in [0.717, 1.165) is 21.3 Å².